The van der Waals surface area contributed by atoms with Crippen LogP contribution in [-0.4, -0.2) is 28.8 Å². The van der Waals surface area contributed by atoms with Gasteiger partial charge in [0.1, 0.15) is 5.76 Å². The summed E-state index contributed by atoms with van der Waals surface area (Å²) in [4.78, 5) is 10.6. The summed E-state index contributed by atoms with van der Waals surface area (Å²) in [5, 5.41) is 20.8. The first kappa shape index (κ1) is 17.1. The van der Waals surface area contributed by atoms with Crippen molar-refractivity contribution < 1.29 is 23.8 Å². The van der Waals surface area contributed by atoms with Crippen LogP contribution in [0.15, 0.2) is 24.5 Å². The van der Waals surface area contributed by atoms with Gasteiger partial charge in [0.2, 0.25) is 0 Å². The Balaban J connectivity index is 2.48. The highest BCUT2D eigenvalue weighted by molar-refractivity contribution is 5.68. The molecule has 0 fully saturated rings. The molecule has 0 aromatic heterocycles. The van der Waals surface area contributed by atoms with Crippen LogP contribution in [0.5, 0.6) is 0 Å². The van der Waals surface area contributed by atoms with E-state index in [0.717, 1.165) is 0 Å². The number of carboxylic acid groups (broad SMARTS) is 1. The van der Waals surface area contributed by atoms with Gasteiger partial charge in [-0.3, -0.25) is 4.79 Å². The van der Waals surface area contributed by atoms with E-state index in [4.69, 9.17) is 5.11 Å². The van der Waals surface area contributed by atoms with Crippen molar-refractivity contribution in [3.05, 3.63) is 47.2 Å². The van der Waals surface area contributed by atoms with Crippen molar-refractivity contribution in [1.82, 2.24) is 5.32 Å². The maximum Gasteiger partial charge on any atom is 0.305 e. The summed E-state index contributed by atoms with van der Waals surface area (Å²) >= 11 is 0. The number of carbonyl (C=O) groups is 1. The first-order valence-corrected chi connectivity index (χ1v) is 6.59. The number of rotatable bonds is 8. The average molecular weight is 299 g/mol. The Morgan fingerprint density at radius 3 is 2.57 bits per heavy atom. The summed E-state index contributed by atoms with van der Waals surface area (Å²) < 4.78 is 27.0. The summed E-state index contributed by atoms with van der Waals surface area (Å²) in [6.45, 7) is 5.15. The molecule has 1 atom stereocenters. The minimum atomic E-state index is -1.06. The van der Waals surface area contributed by atoms with Crippen LogP contribution in [0.3, 0.4) is 0 Å². The Morgan fingerprint density at radius 2 is 2.00 bits per heavy atom. The normalized spacial score (nSPS) is 12.1. The summed E-state index contributed by atoms with van der Waals surface area (Å²) in [6, 6.07) is 2.30. The molecule has 1 rings (SSSR count). The molecule has 116 valence electrons. The molecule has 4 nitrogen and oxygen atoms in total. The van der Waals surface area contributed by atoms with Gasteiger partial charge < -0.3 is 15.5 Å². The second-order valence-electron chi connectivity index (χ2n) is 4.87. The molecular formula is C15H19F2NO3. The second kappa shape index (κ2) is 7.73. The highest BCUT2D eigenvalue weighted by Crippen LogP contribution is 2.16. The third-order valence-electron chi connectivity index (χ3n) is 3.15. The van der Waals surface area contributed by atoms with E-state index < -0.39 is 23.6 Å². The van der Waals surface area contributed by atoms with Gasteiger partial charge in [-0.25, -0.2) is 8.78 Å². The quantitative estimate of drug-likeness (QED) is 0.510. The van der Waals surface area contributed by atoms with E-state index in [1.54, 1.807) is 0 Å². The van der Waals surface area contributed by atoms with Crippen molar-refractivity contribution in [2.45, 2.75) is 32.2 Å². The Bertz CT molecular complexity index is 532. The number of aliphatic carboxylic acids is 1. The second-order valence-corrected chi connectivity index (χ2v) is 4.87. The van der Waals surface area contributed by atoms with E-state index in [1.807, 2.05) is 0 Å². The SMILES string of the molecule is C=C(O)C(CC(=O)O)NCCCc1ccc(C)c(F)c1F. The average Bonchev–Trinajstić information content (AvgIpc) is 2.41. The number of hydrogen-bond acceptors (Lipinski definition) is 3. The van der Waals surface area contributed by atoms with Crippen LogP contribution in [0.1, 0.15) is 24.0 Å². The molecule has 6 heteroatoms. The molecule has 0 radical (unpaired) electrons. The lowest BCUT2D eigenvalue weighted by molar-refractivity contribution is -0.137. The predicted octanol–water partition coefficient (Wildman–Crippen LogP) is 2.71. The van der Waals surface area contributed by atoms with E-state index >= 15 is 0 Å². The molecule has 0 saturated carbocycles. The number of aryl methyl sites for hydroxylation is 2. The summed E-state index contributed by atoms with van der Waals surface area (Å²) in [5.41, 5.74) is 0.532. The molecule has 0 aliphatic carbocycles. The Kier molecular flexibility index (Phi) is 6.30. The molecule has 1 aromatic carbocycles. The standard InChI is InChI=1S/C15H19F2NO3/c1-9-5-6-11(15(17)14(9)16)4-3-7-18-12(10(2)19)8-13(20)21/h5-6,12,18-19H,2-4,7-8H2,1H3,(H,20,21). The molecule has 0 aliphatic heterocycles. The van der Waals surface area contributed by atoms with Crippen LogP contribution in [0, 0.1) is 18.6 Å². The number of aliphatic hydroxyl groups is 1. The van der Waals surface area contributed by atoms with Crippen molar-refractivity contribution in [2.24, 2.45) is 0 Å². The topological polar surface area (TPSA) is 69.6 Å². The maximum atomic E-state index is 13.6. The van der Waals surface area contributed by atoms with Gasteiger partial charge in [-0.1, -0.05) is 18.7 Å². The smallest absolute Gasteiger partial charge is 0.305 e. The number of aliphatic hydroxyl groups excluding tert-OH is 1. The van der Waals surface area contributed by atoms with Gasteiger partial charge in [0.25, 0.3) is 0 Å². The fourth-order valence-corrected chi connectivity index (χ4v) is 1.92. The number of benzene rings is 1. The molecule has 1 aromatic rings. The zero-order valence-corrected chi connectivity index (χ0v) is 11.8. The fraction of sp³-hybridized carbons (Fsp3) is 0.400. The van der Waals surface area contributed by atoms with Crippen molar-refractivity contribution in [1.29, 1.82) is 0 Å². The summed E-state index contributed by atoms with van der Waals surface area (Å²) in [5.74, 6) is -3.00. The van der Waals surface area contributed by atoms with Gasteiger partial charge in [-0.05, 0) is 37.4 Å². The van der Waals surface area contributed by atoms with Gasteiger partial charge in [-0.15, -0.1) is 0 Å². The van der Waals surface area contributed by atoms with E-state index in [-0.39, 0.29) is 23.3 Å². The highest BCUT2D eigenvalue weighted by atomic mass is 19.2. The maximum absolute atomic E-state index is 13.6. The summed E-state index contributed by atoms with van der Waals surface area (Å²) in [6.07, 6.45) is 0.499. The van der Waals surface area contributed by atoms with E-state index in [2.05, 4.69) is 11.9 Å². The lowest BCUT2D eigenvalue weighted by Crippen LogP contribution is -2.33. The van der Waals surface area contributed by atoms with Crippen LogP contribution >= 0.6 is 0 Å². The van der Waals surface area contributed by atoms with Crippen molar-refractivity contribution >= 4 is 5.97 Å². The number of hydrogen-bond donors (Lipinski definition) is 3. The Labute approximate surface area is 122 Å². The Hall–Kier alpha value is -1.95. The molecule has 0 saturated heterocycles. The van der Waals surface area contributed by atoms with Crippen LogP contribution < -0.4 is 5.32 Å². The monoisotopic (exact) mass is 299 g/mol. The van der Waals surface area contributed by atoms with E-state index in [9.17, 15) is 18.7 Å². The van der Waals surface area contributed by atoms with Crippen molar-refractivity contribution in [2.75, 3.05) is 6.54 Å². The van der Waals surface area contributed by atoms with Crippen molar-refractivity contribution in [3.8, 4) is 0 Å². The van der Waals surface area contributed by atoms with Gasteiger partial charge in [0, 0.05) is 0 Å². The first-order valence-electron chi connectivity index (χ1n) is 6.59. The Morgan fingerprint density at radius 1 is 1.33 bits per heavy atom. The fourth-order valence-electron chi connectivity index (χ4n) is 1.92. The molecule has 0 bridgehead atoms. The third-order valence-corrected chi connectivity index (χ3v) is 3.15. The summed E-state index contributed by atoms with van der Waals surface area (Å²) in [7, 11) is 0. The third kappa shape index (κ3) is 5.15. The van der Waals surface area contributed by atoms with Crippen LogP contribution in [0.25, 0.3) is 0 Å². The van der Waals surface area contributed by atoms with Gasteiger partial charge >= 0.3 is 5.97 Å². The molecular weight excluding hydrogens is 280 g/mol. The van der Waals surface area contributed by atoms with Gasteiger partial charge in [0.15, 0.2) is 11.6 Å². The molecule has 0 spiro atoms. The van der Waals surface area contributed by atoms with Crippen LogP contribution in [-0.2, 0) is 11.2 Å². The zero-order valence-electron chi connectivity index (χ0n) is 11.8. The number of nitrogens with one attached hydrogen (secondary N) is 1. The molecule has 1 unspecified atom stereocenters. The molecule has 3 N–H and O–H groups in total. The van der Waals surface area contributed by atoms with E-state index in [1.165, 1.54) is 19.1 Å². The molecule has 0 aliphatic rings. The first-order chi connectivity index (χ1) is 9.82. The highest BCUT2D eigenvalue weighted by Gasteiger charge is 2.15. The van der Waals surface area contributed by atoms with Crippen molar-refractivity contribution in [3.63, 3.8) is 0 Å². The zero-order chi connectivity index (χ0) is 16.0. The predicted molar refractivity (Wildman–Crippen MR) is 75.2 cm³/mol. The largest absolute Gasteiger partial charge is 0.511 e. The van der Waals surface area contributed by atoms with Crippen LogP contribution in [0.2, 0.25) is 0 Å². The minimum Gasteiger partial charge on any atom is -0.511 e. The van der Waals surface area contributed by atoms with Gasteiger partial charge in [0.05, 0.1) is 12.5 Å². The number of halogens is 2. The van der Waals surface area contributed by atoms with Crippen LogP contribution in [0.4, 0.5) is 8.78 Å². The van der Waals surface area contributed by atoms with Gasteiger partial charge in [-0.2, -0.15) is 0 Å². The lowest BCUT2D eigenvalue weighted by atomic mass is 10.1. The molecule has 0 amide bonds. The van der Waals surface area contributed by atoms with E-state index in [0.29, 0.717) is 19.4 Å². The molecule has 21 heavy (non-hydrogen) atoms. The minimum absolute atomic E-state index is 0.257. The lowest BCUT2D eigenvalue weighted by Gasteiger charge is -2.15. The molecule has 0 heterocycles. The number of carboxylic acids is 1.